The van der Waals surface area contributed by atoms with Gasteiger partial charge in [-0.2, -0.15) is 5.10 Å². The first-order chi connectivity index (χ1) is 19.0. The van der Waals surface area contributed by atoms with E-state index in [9.17, 15) is 9.59 Å². The van der Waals surface area contributed by atoms with Crippen LogP contribution < -0.4 is 10.6 Å². The number of hydrogen-bond acceptors (Lipinski definition) is 7. The van der Waals surface area contributed by atoms with E-state index in [1.165, 1.54) is 0 Å². The van der Waals surface area contributed by atoms with E-state index in [1.54, 1.807) is 31.3 Å². The summed E-state index contributed by atoms with van der Waals surface area (Å²) in [6.07, 6.45) is 2.60. The van der Waals surface area contributed by atoms with Gasteiger partial charge >= 0.3 is 6.03 Å². The lowest BCUT2D eigenvalue weighted by atomic mass is 9.93. The summed E-state index contributed by atoms with van der Waals surface area (Å²) in [6, 6.07) is 11.6. The molecule has 1 aliphatic heterocycles. The fourth-order valence-electron chi connectivity index (χ4n) is 4.86. The molecule has 11 heteroatoms. The SMILES string of the molecule is C[C@@H](NC(=O)c1cc(C(C)(C)C)on1)c1ccc(-c2ccnc3[nH]nc(N[C@@H]4CCN(C(=O)N(C)C)C4)c23)cc1. The molecular weight excluding hydrogens is 508 g/mol. The molecule has 5 rings (SSSR count). The van der Waals surface area contributed by atoms with Crippen molar-refractivity contribution in [1.29, 1.82) is 0 Å². The number of benzene rings is 1. The van der Waals surface area contributed by atoms with Gasteiger partial charge in [0.25, 0.3) is 5.91 Å². The first-order valence-electron chi connectivity index (χ1n) is 13.5. The number of fused-ring (bicyclic) bond motifs is 1. The molecule has 1 aliphatic rings. The van der Waals surface area contributed by atoms with Crippen LogP contribution in [0.2, 0.25) is 0 Å². The maximum absolute atomic E-state index is 12.8. The fourth-order valence-corrected chi connectivity index (χ4v) is 4.86. The van der Waals surface area contributed by atoms with Crippen LogP contribution in [-0.2, 0) is 5.41 Å². The van der Waals surface area contributed by atoms with Gasteiger partial charge in [-0.3, -0.25) is 9.89 Å². The van der Waals surface area contributed by atoms with E-state index < -0.39 is 0 Å². The number of nitrogens with zero attached hydrogens (tertiary/aromatic N) is 5. The van der Waals surface area contributed by atoms with Gasteiger partial charge in [0.1, 0.15) is 5.76 Å². The molecule has 4 heterocycles. The zero-order chi connectivity index (χ0) is 28.6. The minimum absolute atomic E-state index is 0.0136. The average molecular weight is 545 g/mol. The summed E-state index contributed by atoms with van der Waals surface area (Å²) in [5.41, 5.74) is 3.68. The van der Waals surface area contributed by atoms with E-state index in [1.807, 2.05) is 62.9 Å². The Bertz CT molecular complexity index is 1520. The second kappa shape index (κ2) is 10.6. The normalized spacial score (nSPS) is 16.2. The summed E-state index contributed by atoms with van der Waals surface area (Å²) in [5.74, 6) is 1.10. The molecule has 1 aromatic carbocycles. The molecule has 2 atom stereocenters. The van der Waals surface area contributed by atoms with Crippen LogP contribution in [0.25, 0.3) is 22.2 Å². The van der Waals surface area contributed by atoms with Crippen LogP contribution in [-0.4, -0.2) is 75.3 Å². The van der Waals surface area contributed by atoms with Crippen LogP contribution in [0.4, 0.5) is 10.6 Å². The Morgan fingerprint density at radius 3 is 2.60 bits per heavy atom. The van der Waals surface area contributed by atoms with Gasteiger partial charge in [-0.25, -0.2) is 9.78 Å². The van der Waals surface area contributed by atoms with Gasteiger partial charge in [-0.05, 0) is 36.1 Å². The molecule has 210 valence electrons. The van der Waals surface area contributed by atoms with E-state index in [0.717, 1.165) is 28.5 Å². The van der Waals surface area contributed by atoms with Crippen LogP contribution in [0.3, 0.4) is 0 Å². The zero-order valence-corrected chi connectivity index (χ0v) is 23.8. The fraction of sp³-hybridized carbons (Fsp3) is 0.414. The van der Waals surface area contributed by atoms with Crippen molar-refractivity contribution >= 4 is 28.8 Å². The Morgan fingerprint density at radius 1 is 1.18 bits per heavy atom. The van der Waals surface area contributed by atoms with E-state index in [4.69, 9.17) is 4.52 Å². The van der Waals surface area contributed by atoms with Crippen LogP contribution in [0.15, 0.2) is 47.1 Å². The summed E-state index contributed by atoms with van der Waals surface area (Å²) >= 11 is 0. The number of likely N-dealkylation sites (tertiary alicyclic amines) is 1. The van der Waals surface area contributed by atoms with Gasteiger partial charge in [0, 0.05) is 50.9 Å². The molecule has 3 N–H and O–H groups in total. The number of H-pyrrole nitrogens is 1. The van der Waals surface area contributed by atoms with Crippen molar-refractivity contribution in [2.45, 2.75) is 51.6 Å². The largest absolute Gasteiger partial charge is 0.363 e. The summed E-state index contributed by atoms with van der Waals surface area (Å²) in [6.45, 7) is 9.28. The molecule has 0 aliphatic carbocycles. The second-order valence-electron chi connectivity index (χ2n) is 11.6. The summed E-state index contributed by atoms with van der Waals surface area (Å²) in [4.78, 5) is 33.0. The van der Waals surface area contributed by atoms with Gasteiger partial charge in [-0.1, -0.05) is 50.2 Å². The van der Waals surface area contributed by atoms with E-state index >= 15 is 0 Å². The number of rotatable bonds is 6. The van der Waals surface area contributed by atoms with Crippen molar-refractivity contribution in [2.75, 3.05) is 32.5 Å². The number of aromatic amines is 1. The highest BCUT2D eigenvalue weighted by Crippen LogP contribution is 2.33. The molecule has 4 aromatic rings. The van der Waals surface area contributed by atoms with Crippen LogP contribution in [0, 0.1) is 0 Å². The van der Waals surface area contributed by atoms with E-state index in [-0.39, 0.29) is 35.1 Å². The Hall–Kier alpha value is -4.41. The van der Waals surface area contributed by atoms with Gasteiger partial charge in [-0.15, -0.1) is 0 Å². The number of carbonyl (C=O) groups excluding carboxylic acids is 2. The predicted molar refractivity (Wildman–Crippen MR) is 153 cm³/mol. The van der Waals surface area contributed by atoms with Gasteiger partial charge in [0.05, 0.1) is 11.4 Å². The van der Waals surface area contributed by atoms with E-state index in [2.05, 4.69) is 31.0 Å². The smallest absolute Gasteiger partial charge is 0.319 e. The molecule has 0 saturated carbocycles. The number of pyridine rings is 1. The molecular formula is C29H36N8O3. The van der Waals surface area contributed by atoms with Gasteiger partial charge < -0.3 is 25.0 Å². The Kier molecular flexibility index (Phi) is 7.22. The minimum atomic E-state index is -0.279. The van der Waals surface area contributed by atoms with Gasteiger partial charge in [0.15, 0.2) is 17.2 Å². The molecule has 0 radical (unpaired) electrons. The maximum atomic E-state index is 12.8. The molecule has 0 bridgehead atoms. The summed E-state index contributed by atoms with van der Waals surface area (Å²) < 4.78 is 5.36. The summed E-state index contributed by atoms with van der Waals surface area (Å²) in [5, 5.41) is 18.9. The lowest BCUT2D eigenvalue weighted by molar-refractivity contribution is 0.0930. The predicted octanol–water partition coefficient (Wildman–Crippen LogP) is 4.57. The molecule has 3 amide bonds. The van der Waals surface area contributed by atoms with Crippen molar-refractivity contribution in [1.82, 2.24) is 35.5 Å². The quantitative estimate of drug-likeness (QED) is 0.324. The molecule has 0 spiro atoms. The molecule has 0 unspecified atom stereocenters. The van der Waals surface area contributed by atoms with Crippen molar-refractivity contribution in [3.63, 3.8) is 0 Å². The summed E-state index contributed by atoms with van der Waals surface area (Å²) in [7, 11) is 3.53. The molecule has 3 aromatic heterocycles. The zero-order valence-electron chi connectivity index (χ0n) is 23.8. The third-order valence-corrected chi connectivity index (χ3v) is 7.19. The van der Waals surface area contributed by atoms with Crippen molar-refractivity contribution in [3.8, 4) is 11.1 Å². The maximum Gasteiger partial charge on any atom is 0.319 e. The highest BCUT2D eigenvalue weighted by molar-refractivity contribution is 6.00. The average Bonchev–Trinajstić information content (AvgIpc) is 3.68. The number of nitrogens with one attached hydrogen (secondary N) is 3. The number of amides is 3. The lowest BCUT2D eigenvalue weighted by Gasteiger charge is -2.21. The number of anilines is 1. The monoisotopic (exact) mass is 544 g/mol. The van der Waals surface area contributed by atoms with Crippen molar-refractivity contribution in [3.05, 3.63) is 59.6 Å². The van der Waals surface area contributed by atoms with Gasteiger partial charge in [0.2, 0.25) is 0 Å². The highest BCUT2D eigenvalue weighted by atomic mass is 16.5. The Labute approximate surface area is 233 Å². The second-order valence-corrected chi connectivity index (χ2v) is 11.6. The van der Waals surface area contributed by atoms with Crippen molar-refractivity contribution in [2.24, 2.45) is 0 Å². The molecule has 1 saturated heterocycles. The third-order valence-electron chi connectivity index (χ3n) is 7.19. The first kappa shape index (κ1) is 27.2. The third kappa shape index (κ3) is 5.49. The molecule has 1 fully saturated rings. The minimum Gasteiger partial charge on any atom is -0.363 e. The van der Waals surface area contributed by atoms with Crippen LogP contribution in [0.5, 0.6) is 0 Å². The standard InChI is InChI=1S/C29H36N8O3/c1-17(31-27(38)22-15-23(40-35-22)29(2,3)4)18-7-9-19(10-8-18)21-11-13-30-25-24(21)26(34-33-25)32-20-12-14-37(16-20)28(39)36(5)6/h7-11,13,15,17,20H,12,14,16H2,1-6H3,(H,31,38)(H2,30,32,33,34)/t17-,20-/m1/s1. The Balaban J connectivity index is 1.31. The van der Waals surface area contributed by atoms with Crippen LogP contribution >= 0.6 is 0 Å². The number of hydrogen-bond donors (Lipinski definition) is 3. The highest BCUT2D eigenvalue weighted by Gasteiger charge is 2.28. The van der Waals surface area contributed by atoms with Crippen molar-refractivity contribution < 1.29 is 14.1 Å². The lowest BCUT2D eigenvalue weighted by Crippen LogP contribution is -2.38. The number of carbonyl (C=O) groups is 2. The molecule has 40 heavy (non-hydrogen) atoms. The number of urea groups is 1. The Morgan fingerprint density at radius 2 is 1.93 bits per heavy atom. The number of aromatic nitrogens is 4. The molecule has 11 nitrogen and oxygen atoms in total. The van der Waals surface area contributed by atoms with Crippen LogP contribution in [0.1, 0.15) is 62.0 Å². The first-order valence-corrected chi connectivity index (χ1v) is 13.5. The topological polar surface area (TPSA) is 132 Å². The van der Waals surface area contributed by atoms with E-state index in [0.29, 0.717) is 30.3 Å².